The van der Waals surface area contributed by atoms with E-state index < -0.39 is 21.0 Å². The molecule has 2 heterocycles. The third-order valence-electron chi connectivity index (χ3n) is 1.64. The highest BCUT2D eigenvalue weighted by atomic mass is 27.2. The van der Waals surface area contributed by atoms with Crippen molar-refractivity contribution >= 4 is 21.0 Å². The molecule has 2 bridgehead atoms. The maximum absolute atomic E-state index is 10.6. The van der Waals surface area contributed by atoms with Crippen molar-refractivity contribution < 1.29 is 17.1 Å². The van der Waals surface area contributed by atoms with Crippen LogP contribution in [0.2, 0.25) is 5.28 Å². The molecule has 2 aliphatic heterocycles. The Morgan fingerprint density at radius 2 is 2.50 bits per heavy atom. The summed E-state index contributed by atoms with van der Waals surface area (Å²) in [5.41, 5.74) is 0. The quantitative estimate of drug-likeness (QED) is 0.386. The molecular formula is C5H7AlO4. The summed E-state index contributed by atoms with van der Waals surface area (Å²) in [5, 5.41) is 0.936. The molecule has 0 amide bonds. The van der Waals surface area contributed by atoms with Gasteiger partial charge >= 0.3 is 21.0 Å². The molecule has 0 saturated carbocycles. The summed E-state index contributed by atoms with van der Waals surface area (Å²) in [6.07, 6.45) is 1.08. The first-order valence-electron chi connectivity index (χ1n) is 3.37. The lowest BCUT2D eigenvalue weighted by atomic mass is 10.3. The Bertz CT molecular complexity index is 146. The molecule has 0 aromatic carbocycles. The van der Waals surface area contributed by atoms with Crippen LogP contribution in [0.3, 0.4) is 0 Å². The molecule has 0 N–H and O–H groups in total. The largest absolute Gasteiger partial charge is 0.772 e. The highest BCUT2D eigenvalue weighted by Gasteiger charge is 2.43. The second-order valence-corrected chi connectivity index (χ2v) is 4.36. The van der Waals surface area contributed by atoms with Crippen molar-refractivity contribution in [3.05, 3.63) is 0 Å². The zero-order chi connectivity index (χ0) is 6.97. The summed E-state index contributed by atoms with van der Waals surface area (Å²) in [5.74, 6) is 0. The summed E-state index contributed by atoms with van der Waals surface area (Å²) >= 11 is -1.61. The van der Waals surface area contributed by atoms with E-state index in [4.69, 9.17) is 12.3 Å². The summed E-state index contributed by atoms with van der Waals surface area (Å²) in [6, 6.07) is 0. The molecule has 2 aliphatic rings. The molecule has 54 valence electrons. The SMILES string of the molecule is O=C1OC2CC[CH2][Al]([O]1)[O]2. The number of fused-ring (bicyclic) bond motifs is 2. The van der Waals surface area contributed by atoms with Crippen LogP contribution in [-0.4, -0.2) is 27.3 Å². The van der Waals surface area contributed by atoms with Crippen molar-refractivity contribution in [1.82, 2.24) is 0 Å². The fourth-order valence-corrected chi connectivity index (χ4v) is 2.85. The van der Waals surface area contributed by atoms with Crippen molar-refractivity contribution in [2.45, 2.75) is 24.4 Å². The van der Waals surface area contributed by atoms with Crippen LogP contribution in [0, 0.1) is 0 Å². The lowest BCUT2D eigenvalue weighted by Crippen LogP contribution is -2.43. The molecule has 1 atom stereocenters. The molecule has 0 aliphatic carbocycles. The summed E-state index contributed by atoms with van der Waals surface area (Å²) in [4.78, 5) is 10.6. The number of hydrogen-bond donors (Lipinski definition) is 0. The van der Waals surface area contributed by atoms with Gasteiger partial charge in [0.2, 0.25) is 0 Å². The zero-order valence-electron chi connectivity index (χ0n) is 5.41. The van der Waals surface area contributed by atoms with Gasteiger partial charge in [-0.05, 0) is 5.28 Å². The fourth-order valence-electron chi connectivity index (χ4n) is 1.17. The minimum Gasteiger partial charge on any atom is -0.562 e. The highest BCUT2D eigenvalue weighted by Crippen LogP contribution is 2.23. The van der Waals surface area contributed by atoms with Gasteiger partial charge in [0.25, 0.3) is 0 Å². The van der Waals surface area contributed by atoms with Gasteiger partial charge in [0, 0.05) is 6.42 Å². The maximum Gasteiger partial charge on any atom is 0.772 e. The van der Waals surface area contributed by atoms with Crippen LogP contribution in [0.25, 0.3) is 0 Å². The van der Waals surface area contributed by atoms with Crippen LogP contribution in [0.4, 0.5) is 4.79 Å². The van der Waals surface area contributed by atoms with Crippen molar-refractivity contribution in [2.75, 3.05) is 0 Å². The van der Waals surface area contributed by atoms with Crippen LogP contribution in [0.5, 0.6) is 0 Å². The topological polar surface area (TPSA) is 44.8 Å². The predicted molar refractivity (Wildman–Crippen MR) is 32.2 cm³/mol. The number of carbonyl (C=O) groups is 1. The van der Waals surface area contributed by atoms with Gasteiger partial charge in [-0.2, -0.15) is 0 Å². The van der Waals surface area contributed by atoms with Gasteiger partial charge in [-0.1, -0.05) is 6.42 Å². The van der Waals surface area contributed by atoms with E-state index in [0.29, 0.717) is 0 Å². The average Bonchev–Trinajstić information content (AvgIpc) is 1.85. The Morgan fingerprint density at radius 1 is 1.60 bits per heavy atom. The third-order valence-corrected chi connectivity index (χ3v) is 3.58. The molecular weight excluding hydrogens is 151 g/mol. The number of rotatable bonds is 0. The van der Waals surface area contributed by atoms with Gasteiger partial charge in [0.05, 0.1) is 0 Å². The van der Waals surface area contributed by atoms with Gasteiger partial charge in [0.1, 0.15) is 0 Å². The van der Waals surface area contributed by atoms with Crippen LogP contribution in [0.15, 0.2) is 0 Å². The molecule has 4 nitrogen and oxygen atoms in total. The Morgan fingerprint density at radius 3 is 3.30 bits per heavy atom. The average molecular weight is 158 g/mol. The molecule has 5 heteroatoms. The van der Waals surface area contributed by atoms with Crippen molar-refractivity contribution in [1.29, 1.82) is 0 Å². The van der Waals surface area contributed by atoms with Gasteiger partial charge in [-0.15, -0.1) is 0 Å². The van der Waals surface area contributed by atoms with Crippen LogP contribution in [-0.2, 0) is 12.3 Å². The molecule has 2 rings (SSSR count). The first kappa shape index (κ1) is 6.47. The van der Waals surface area contributed by atoms with Crippen molar-refractivity contribution in [3.63, 3.8) is 0 Å². The summed E-state index contributed by atoms with van der Waals surface area (Å²) < 4.78 is 14.8. The molecule has 0 aromatic rings. The fraction of sp³-hybridized carbons (Fsp3) is 0.800. The van der Waals surface area contributed by atoms with Crippen molar-refractivity contribution in [3.8, 4) is 0 Å². The lowest BCUT2D eigenvalue weighted by molar-refractivity contribution is -0.107. The lowest BCUT2D eigenvalue weighted by Gasteiger charge is -2.30. The van der Waals surface area contributed by atoms with Crippen LogP contribution >= 0.6 is 0 Å². The van der Waals surface area contributed by atoms with E-state index in [0.717, 1.165) is 18.1 Å². The Labute approximate surface area is 63.1 Å². The van der Waals surface area contributed by atoms with Crippen LogP contribution < -0.4 is 0 Å². The standard InChI is InChI=1S/C5H8O4.Al/c1-2-3-4(6)9-5(7)8;/h4H,1-3H2,(H,7,8);/q-1;+2/p-1. The monoisotopic (exact) mass is 158 g/mol. The van der Waals surface area contributed by atoms with Gasteiger partial charge in [-0.3, -0.25) is 0 Å². The van der Waals surface area contributed by atoms with E-state index in [1.165, 1.54) is 0 Å². The van der Waals surface area contributed by atoms with Crippen LogP contribution in [0.1, 0.15) is 12.8 Å². The minimum absolute atomic E-state index is 0.285. The van der Waals surface area contributed by atoms with E-state index in [9.17, 15) is 4.79 Å². The Kier molecular flexibility index (Phi) is 1.57. The first-order chi connectivity index (χ1) is 4.84. The second-order valence-electron chi connectivity index (χ2n) is 2.41. The molecule has 2 saturated heterocycles. The third kappa shape index (κ3) is 1.13. The first-order valence-corrected chi connectivity index (χ1v) is 5.13. The van der Waals surface area contributed by atoms with Gasteiger partial charge < -0.3 is 12.3 Å². The van der Waals surface area contributed by atoms with E-state index in [2.05, 4.69) is 0 Å². The maximum atomic E-state index is 10.6. The molecule has 1 unspecified atom stereocenters. The number of hydrogen-bond acceptors (Lipinski definition) is 4. The normalized spacial score (nSPS) is 31.0. The number of carbonyl (C=O) groups excluding carboxylic acids is 1. The summed E-state index contributed by atoms with van der Waals surface area (Å²) in [6.45, 7) is 0. The predicted octanol–water partition coefficient (Wildman–Crippen LogP) is 0.778. The molecule has 0 spiro atoms. The molecule has 10 heavy (non-hydrogen) atoms. The van der Waals surface area contributed by atoms with Gasteiger partial charge in [0.15, 0.2) is 6.29 Å². The smallest absolute Gasteiger partial charge is 0.562 e. The second kappa shape index (κ2) is 2.42. The minimum atomic E-state index is -1.61. The van der Waals surface area contributed by atoms with E-state index >= 15 is 0 Å². The van der Waals surface area contributed by atoms with E-state index in [1.807, 2.05) is 0 Å². The zero-order valence-corrected chi connectivity index (χ0v) is 6.56. The molecule has 0 radical (unpaired) electrons. The highest BCUT2D eigenvalue weighted by molar-refractivity contribution is 6.47. The Balaban J connectivity index is 2.05. The Hall–Kier alpha value is -0.238. The van der Waals surface area contributed by atoms with Crippen molar-refractivity contribution in [2.24, 2.45) is 0 Å². The molecule has 0 aromatic heterocycles. The van der Waals surface area contributed by atoms with Gasteiger partial charge in [-0.25, -0.2) is 4.79 Å². The molecule has 2 fully saturated rings. The number of ether oxygens (including phenoxy) is 1. The van der Waals surface area contributed by atoms with E-state index in [1.54, 1.807) is 0 Å². The summed E-state index contributed by atoms with van der Waals surface area (Å²) in [7, 11) is 0. The van der Waals surface area contributed by atoms with E-state index in [-0.39, 0.29) is 6.29 Å².